The van der Waals surface area contributed by atoms with Gasteiger partial charge in [-0.15, -0.1) is 0 Å². The monoisotopic (exact) mass is 462 g/mol. The molecule has 0 radical (unpaired) electrons. The SMILES string of the molecule is CCOc1ccc(CN2C(=O)c3ccccc3C2=O)cc1C(=O)NCc1ccc(OC)c(F)c1. The number of rotatable bonds is 8. The van der Waals surface area contributed by atoms with E-state index in [1.165, 1.54) is 19.2 Å². The Morgan fingerprint density at radius 2 is 1.59 bits per heavy atom. The average Bonchev–Trinajstić information content (AvgIpc) is 3.08. The predicted octanol–water partition coefficient (Wildman–Crippen LogP) is 3.96. The van der Waals surface area contributed by atoms with Gasteiger partial charge < -0.3 is 14.8 Å². The van der Waals surface area contributed by atoms with E-state index in [4.69, 9.17) is 9.47 Å². The van der Waals surface area contributed by atoms with Crippen molar-refractivity contribution in [1.82, 2.24) is 10.2 Å². The molecule has 0 unspecified atom stereocenters. The number of methoxy groups -OCH3 is 1. The molecule has 0 saturated heterocycles. The van der Waals surface area contributed by atoms with Gasteiger partial charge in [-0.2, -0.15) is 0 Å². The van der Waals surface area contributed by atoms with E-state index in [-0.39, 0.29) is 36.2 Å². The second-order valence-corrected chi connectivity index (χ2v) is 7.66. The molecule has 34 heavy (non-hydrogen) atoms. The van der Waals surface area contributed by atoms with Crippen LogP contribution >= 0.6 is 0 Å². The van der Waals surface area contributed by atoms with Gasteiger partial charge in [-0.25, -0.2) is 4.39 Å². The number of hydrogen-bond donors (Lipinski definition) is 1. The number of imide groups is 1. The van der Waals surface area contributed by atoms with Crippen molar-refractivity contribution in [2.75, 3.05) is 13.7 Å². The summed E-state index contributed by atoms with van der Waals surface area (Å²) in [4.78, 5) is 39.5. The number of hydrogen-bond acceptors (Lipinski definition) is 5. The maximum absolute atomic E-state index is 14.0. The van der Waals surface area contributed by atoms with Crippen LogP contribution in [0.2, 0.25) is 0 Å². The highest BCUT2D eigenvalue weighted by molar-refractivity contribution is 6.21. The summed E-state index contributed by atoms with van der Waals surface area (Å²) in [5.41, 5.74) is 2.14. The maximum Gasteiger partial charge on any atom is 0.261 e. The fourth-order valence-corrected chi connectivity index (χ4v) is 3.80. The van der Waals surface area contributed by atoms with Crippen molar-refractivity contribution in [3.8, 4) is 11.5 Å². The maximum atomic E-state index is 14.0. The van der Waals surface area contributed by atoms with Gasteiger partial charge in [-0.1, -0.05) is 24.3 Å². The quantitative estimate of drug-likeness (QED) is 0.513. The summed E-state index contributed by atoms with van der Waals surface area (Å²) in [5, 5.41) is 2.76. The molecule has 174 valence electrons. The van der Waals surface area contributed by atoms with Crippen LogP contribution in [0.5, 0.6) is 11.5 Å². The van der Waals surface area contributed by atoms with Gasteiger partial charge in [0.15, 0.2) is 11.6 Å². The minimum Gasteiger partial charge on any atom is -0.494 e. The third kappa shape index (κ3) is 4.47. The van der Waals surface area contributed by atoms with E-state index in [9.17, 15) is 18.8 Å². The number of carbonyl (C=O) groups is 3. The molecule has 4 rings (SSSR count). The Balaban J connectivity index is 1.53. The Morgan fingerprint density at radius 1 is 0.941 bits per heavy atom. The van der Waals surface area contributed by atoms with Gasteiger partial charge in [0.05, 0.1) is 37.0 Å². The van der Waals surface area contributed by atoms with Gasteiger partial charge in [0.25, 0.3) is 17.7 Å². The van der Waals surface area contributed by atoms with Crippen molar-refractivity contribution in [3.63, 3.8) is 0 Å². The second kappa shape index (κ2) is 9.74. The van der Waals surface area contributed by atoms with Crippen molar-refractivity contribution < 1.29 is 28.2 Å². The van der Waals surface area contributed by atoms with Crippen molar-refractivity contribution in [3.05, 3.63) is 94.3 Å². The van der Waals surface area contributed by atoms with Crippen molar-refractivity contribution in [2.24, 2.45) is 0 Å². The molecule has 1 heterocycles. The average molecular weight is 462 g/mol. The van der Waals surface area contributed by atoms with Crippen LogP contribution < -0.4 is 14.8 Å². The first-order valence-electron chi connectivity index (χ1n) is 10.7. The van der Waals surface area contributed by atoms with E-state index in [2.05, 4.69) is 5.32 Å². The third-order valence-corrected chi connectivity index (χ3v) is 5.48. The van der Waals surface area contributed by atoms with Crippen LogP contribution in [0, 0.1) is 5.82 Å². The molecule has 1 N–H and O–H groups in total. The minimum atomic E-state index is -0.521. The number of carbonyl (C=O) groups excluding carboxylic acids is 3. The van der Waals surface area contributed by atoms with Crippen LogP contribution in [0.15, 0.2) is 60.7 Å². The number of amides is 3. The van der Waals surface area contributed by atoms with Crippen LogP contribution in [0.3, 0.4) is 0 Å². The number of halogens is 1. The molecule has 0 spiro atoms. The zero-order valence-corrected chi connectivity index (χ0v) is 18.8. The smallest absolute Gasteiger partial charge is 0.261 e. The van der Waals surface area contributed by atoms with E-state index in [1.54, 1.807) is 55.5 Å². The first-order valence-corrected chi connectivity index (χ1v) is 10.7. The van der Waals surface area contributed by atoms with Crippen LogP contribution in [0.25, 0.3) is 0 Å². The third-order valence-electron chi connectivity index (χ3n) is 5.48. The molecule has 8 heteroatoms. The lowest BCUT2D eigenvalue weighted by Crippen LogP contribution is -2.29. The van der Waals surface area contributed by atoms with Crippen LogP contribution in [-0.4, -0.2) is 36.3 Å². The first kappa shape index (κ1) is 23.0. The molecule has 0 saturated carbocycles. The molecule has 3 aromatic carbocycles. The van der Waals surface area contributed by atoms with Crippen LogP contribution in [0.4, 0.5) is 4.39 Å². The highest BCUT2D eigenvalue weighted by atomic mass is 19.1. The molecule has 0 bridgehead atoms. The number of fused-ring (bicyclic) bond motifs is 1. The largest absolute Gasteiger partial charge is 0.494 e. The molecule has 0 aliphatic carbocycles. The molecule has 1 aliphatic heterocycles. The Bertz CT molecular complexity index is 1240. The summed E-state index contributed by atoms with van der Waals surface area (Å²) in [5.74, 6) is -1.21. The molecule has 7 nitrogen and oxygen atoms in total. The second-order valence-electron chi connectivity index (χ2n) is 7.66. The van der Waals surface area contributed by atoms with Gasteiger partial charge in [0, 0.05) is 6.54 Å². The number of ether oxygens (including phenoxy) is 2. The van der Waals surface area contributed by atoms with E-state index in [0.29, 0.717) is 34.6 Å². The molecule has 3 aromatic rings. The fourth-order valence-electron chi connectivity index (χ4n) is 3.80. The molecule has 0 aromatic heterocycles. The zero-order chi connectivity index (χ0) is 24.2. The Hall–Kier alpha value is -4.20. The van der Waals surface area contributed by atoms with E-state index in [1.807, 2.05) is 0 Å². The van der Waals surface area contributed by atoms with E-state index >= 15 is 0 Å². The van der Waals surface area contributed by atoms with Crippen molar-refractivity contribution in [1.29, 1.82) is 0 Å². The highest BCUT2D eigenvalue weighted by Crippen LogP contribution is 2.27. The number of benzene rings is 3. The normalized spacial score (nSPS) is 12.5. The minimum absolute atomic E-state index is 0.0166. The molecular weight excluding hydrogens is 439 g/mol. The predicted molar refractivity (Wildman–Crippen MR) is 122 cm³/mol. The van der Waals surface area contributed by atoms with Gasteiger partial charge in [-0.3, -0.25) is 19.3 Å². The van der Waals surface area contributed by atoms with E-state index < -0.39 is 11.7 Å². The van der Waals surface area contributed by atoms with Gasteiger partial charge in [0.1, 0.15) is 5.75 Å². The van der Waals surface area contributed by atoms with Crippen LogP contribution in [-0.2, 0) is 13.1 Å². The van der Waals surface area contributed by atoms with Gasteiger partial charge in [0.2, 0.25) is 0 Å². The lowest BCUT2D eigenvalue weighted by atomic mass is 10.1. The summed E-state index contributed by atoms with van der Waals surface area (Å²) < 4.78 is 24.5. The van der Waals surface area contributed by atoms with Crippen molar-refractivity contribution >= 4 is 17.7 Å². The topological polar surface area (TPSA) is 84.9 Å². The molecule has 3 amide bonds. The lowest BCUT2D eigenvalue weighted by molar-refractivity contribution is 0.0642. The summed E-state index contributed by atoms with van der Waals surface area (Å²) in [6.45, 7) is 2.26. The Morgan fingerprint density at radius 3 is 2.21 bits per heavy atom. The Labute approximate surface area is 196 Å². The summed E-state index contributed by atoms with van der Waals surface area (Å²) >= 11 is 0. The lowest BCUT2D eigenvalue weighted by Gasteiger charge is -2.16. The van der Waals surface area contributed by atoms with Gasteiger partial charge >= 0.3 is 0 Å². The summed E-state index contributed by atoms with van der Waals surface area (Å²) in [6.07, 6.45) is 0. The van der Waals surface area contributed by atoms with Crippen molar-refractivity contribution in [2.45, 2.75) is 20.0 Å². The number of nitrogens with zero attached hydrogens (tertiary/aromatic N) is 1. The first-order chi connectivity index (χ1) is 16.4. The number of nitrogens with one attached hydrogen (secondary N) is 1. The zero-order valence-electron chi connectivity index (χ0n) is 18.8. The standard InChI is InChI=1S/C26H23FN2O5/c1-3-34-22-10-9-17(15-29-25(31)18-6-4-5-7-19(18)26(29)32)12-20(22)24(30)28-14-16-8-11-23(33-2)21(27)13-16/h4-13H,3,14-15H2,1-2H3,(H,28,30). The molecule has 0 fully saturated rings. The summed E-state index contributed by atoms with van der Waals surface area (Å²) in [6, 6.07) is 16.0. The van der Waals surface area contributed by atoms with Crippen LogP contribution in [0.1, 0.15) is 49.1 Å². The molecule has 1 aliphatic rings. The Kier molecular flexibility index (Phi) is 6.58. The highest BCUT2D eigenvalue weighted by Gasteiger charge is 2.35. The fraction of sp³-hybridized carbons (Fsp3) is 0.192. The summed E-state index contributed by atoms with van der Waals surface area (Å²) in [7, 11) is 1.38. The molecular formula is C26H23FN2O5. The van der Waals surface area contributed by atoms with Gasteiger partial charge in [-0.05, 0) is 54.4 Å². The van der Waals surface area contributed by atoms with E-state index in [0.717, 1.165) is 4.90 Å². The molecule has 0 atom stereocenters.